The fraction of sp³-hybridized carbons (Fsp3) is 0.0870. The van der Waals surface area contributed by atoms with Gasteiger partial charge in [-0.15, -0.1) is 0 Å². The Morgan fingerprint density at radius 3 is 2.44 bits per heavy atom. The summed E-state index contributed by atoms with van der Waals surface area (Å²) in [6.07, 6.45) is 4.47. The summed E-state index contributed by atoms with van der Waals surface area (Å²) in [7, 11) is 1.71. The zero-order valence-electron chi connectivity index (χ0n) is 17.4. The number of nitriles is 1. The molecule has 0 radical (unpaired) electrons. The molecule has 1 amide bonds. The quantitative estimate of drug-likeness (QED) is 0.238. The minimum atomic E-state index is -1.02. The van der Waals surface area contributed by atoms with E-state index >= 15 is 0 Å². The number of allylic oxidation sites excluding steroid dienone is 2. The molecule has 0 aliphatic rings. The minimum absolute atomic E-state index is 0.0933. The van der Waals surface area contributed by atoms with Crippen LogP contribution in [0.3, 0.4) is 0 Å². The number of quaternary nitrogens is 1. The van der Waals surface area contributed by atoms with E-state index in [-0.39, 0.29) is 16.9 Å². The smallest absolute Gasteiger partial charge is 0.295 e. The second kappa shape index (κ2) is 9.72. The van der Waals surface area contributed by atoms with Gasteiger partial charge in [0.25, 0.3) is 11.5 Å². The molecule has 9 nitrogen and oxygen atoms in total. The molecule has 2 aromatic carbocycles. The number of para-hydroxylation sites is 1. The Labute approximate surface area is 183 Å². The third kappa shape index (κ3) is 4.74. The van der Waals surface area contributed by atoms with Crippen LogP contribution in [0.25, 0.3) is 11.8 Å². The van der Waals surface area contributed by atoms with Crippen LogP contribution in [0.1, 0.15) is 11.3 Å². The summed E-state index contributed by atoms with van der Waals surface area (Å²) >= 11 is 0. The molecular formula is C23H21N5O4. The number of anilines is 1. The zero-order chi connectivity index (χ0) is 23.3. The number of nitrogens with zero attached hydrogens (tertiary/aromatic N) is 3. The SMILES string of the molecule is Cc1c(NC(=O)/C(C#N)=C/C=C/c2ccc([NH+]([O-])O)cc2)c(=O)n(-c2ccccc2)n1C. The summed E-state index contributed by atoms with van der Waals surface area (Å²) in [6.45, 7) is 1.70. The molecule has 0 spiro atoms. The van der Waals surface area contributed by atoms with Crippen LogP contribution in [0.5, 0.6) is 0 Å². The van der Waals surface area contributed by atoms with Crippen molar-refractivity contribution < 1.29 is 15.2 Å². The van der Waals surface area contributed by atoms with Crippen LogP contribution in [-0.2, 0) is 11.8 Å². The van der Waals surface area contributed by atoms with Crippen LogP contribution in [0, 0.1) is 23.5 Å². The lowest BCUT2D eigenvalue weighted by Gasteiger charge is -2.10. The molecule has 0 fully saturated rings. The molecule has 0 saturated heterocycles. The van der Waals surface area contributed by atoms with E-state index in [1.807, 2.05) is 12.1 Å². The highest BCUT2D eigenvalue weighted by Gasteiger charge is 2.19. The highest BCUT2D eigenvalue weighted by molar-refractivity contribution is 6.07. The van der Waals surface area contributed by atoms with Gasteiger partial charge in [0, 0.05) is 19.2 Å². The highest BCUT2D eigenvalue weighted by atomic mass is 16.8. The van der Waals surface area contributed by atoms with Gasteiger partial charge in [-0.2, -0.15) is 10.5 Å². The van der Waals surface area contributed by atoms with Crippen molar-refractivity contribution >= 4 is 23.4 Å². The molecule has 0 saturated carbocycles. The largest absolute Gasteiger partial charge is 0.595 e. The average Bonchev–Trinajstić information content (AvgIpc) is 3.00. The number of hydrogen-bond donors (Lipinski definition) is 3. The van der Waals surface area contributed by atoms with Crippen molar-refractivity contribution in [3.8, 4) is 11.8 Å². The van der Waals surface area contributed by atoms with Gasteiger partial charge in [-0.05, 0) is 42.8 Å². The first-order valence-corrected chi connectivity index (χ1v) is 9.60. The number of carbonyl (C=O) groups excluding carboxylic acids is 1. The van der Waals surface area contributed by atoms with E-state index < -0.39 is 16.7 Å². The van der Waals surface area contributed by atoms with Gasteiger partial charge < -0.3 is 10.5 Å². The van der Waals surface area contributed by atoms with Gasteiger partial charge in [-0.3, -0.25) is 14.3 Å². The molecule has 3 rings (SSSR count). The predicted octanol–water partition coefficient (Wildman–Crippen LogP) is 1.99. The number of benzene rings is 2. The molecule has 1 heterocycles. The van der Waals surface area contributed by atoms with E-state index in [4.69, 9.17) is 5.21 Å². The third-order valence-corrected chi connectivity index (χ3v) is 4.87. The summed E-state index contributed by atoms with van der Waals surface area (Å²) in [5.74, 6) is -0.704. The monoisotopic (exact) mass is 431 g/mol. The summed E-state index contributed by atoms with van der Waals surface area (Å²) < 4.78 is 3.06. The molecule has 0 aliphatic heterocycles. The van der Waals surface area contributed by atoms with Crippen LogP contribution in [0.4, 0.5) is 11.4 Å². The second-order valence-electron chi connectivity index (χ2n) is 6.87. The Kier molecular flexibility index (Phi) is 6.82. The summed E-state index contributed by atoms with van der Waals surface area (Å²) in [5, 5.41) is 30.7. The fourth-order valence-electron chi connectivity index (χ4n) is 3.05. The van der Waals surface area contributed by atoms with Gasteiger partial charge in [-0.1, -0.05) is 30.4 Å². The minimum Gasteiger partial charge on any atom is -0.595 e. The molecule has 1 unspecified atom stereocenters. The molecular weight excluding hydrogens is 410 g/mol. The Bertz CT molecular complexity index is 1280. The number of rotatable bonds is 6. The van der Waals surface area contributed by atoms with Crippen LogP contribution in [0.15, 0.2) is 77.1 Å². The van der Waals surface area contributed by atoms with Crippen LogP contribution in [-0.4, -0.2) is 20.5 Å². The maximum absolute atomic E-state index is 12.9. The number of carbonyl (C=O) groups is 1. The number of amides is 1. The van der Waals surface area contributed by atoms with Gasteiger partial charge in [0.2, 0.25) is 0 Å². The fourth-order valence-corrected chi connectivity index (χ4v) is 3.05. The maximum atomic E-state index is 12.9. The van der Waals surface area contributed by atoms with Gasteiger partial charge >= 0.3 is 0 Å². The summed E-state index contributed by atoms with van der Waals surface area (Å²) in [5.41, 5.74) is 1.56. The first-order chi connectivity index (χ1) is 15.3. The molecule has 1 atom stereocenters. The lowest BCUT2D eigenvalue weighted by Crippen LogP contribution is -2.99. The lowest BCUT2D eigenvalue weighted by atomic mass is 10.1. The van der Waals surface area contributed by atoms with Gasteiger partial charge in [0.15, 0.2) is 5.69 Å². The molecule has 162 valence electrons. The van der Waals surface area contributed by atoms with E-state index in [1.54, 1.807) is 61.1 Å². The van der Waals surface area contributed by atoms with E-state index in [0.29, 0.717) is 16.9 Å². The van der Waals surface area contributed by atoms with E-state index in [9.17, 15) is 20.1 Å². The number of hydrogen-bond acceptors (Lipinski definition) is 5. The van der Waals surface area contributed by atoms with E-state index in [1.165, 1.54) is 29.0 Å². The van der Waals surface area contributed by atoms with Gasteiger partial charge in [0.1, 0.15) is 17.3 Å². The Hall–Kier alpha value is -4.23. The third-order valence-electron chi connectivity index (χ3n) is 4.87. The van der Waals surface area contributed by atoms with Crippen LogP contribution >= 0.6 is 0 Å². The standard InChI is InChI=1S/C23H21N5O4/c1-16-21(23(30)27(26(16)2)19-9-4-3-5-10-19)25-22(29)18(15-24)8-6-7-17-11-13-20(14-12-17)28(31)32/h3-14,28,31H,1-2H3,(H,25,29)/b7-6+,18-8+. The molecule has 1 aromatic heterocycles. The Morgan fingerprint density at radius 1 is 1.19 bits per heavy atom. The Balaban J connectivity index is 1.81. The van der Waals surface area contributed by atoms with E-state index in [0.717, 1.165) is 0 Å². The number of aromatic nitrogens is 2. The van der Waals surface area contributed by atoms with Crippen molar-refractivity contribution in [3.63, 3.8) is 0 Å². The topological polar surface area (TPSA) is 128 Å². The van der Waals surface area contributed by atoms with Gasteiger partial charge in [0.05, 0.1) is 11.4 Å². The van der Waals surface area contributed by atoms with Crippen LogP contribution in [0.2, 0.25) is 0 Å². The lowest BCUT2D eigenvalue weighted by molar-refractivity contribution is -0.991. The maximum Gasteiger partial charge on any atom is 0.295 e. The normalized spacial score (nSPS) is 12.5. The first kappa shape index (κ1) is 22.5. The molecule has 0 aliphatic carbocycles. The molecule has 32 heavy (non-hydrogen) atoms. The molecule has 9 heteroatoms. The van der Waals surface area contributed by atoms with Crippen molar-refractivity contribution in [1.82, 2.24) is 9.36 Å². The predicted molar refractivity (Wildman–Crippen MR) is 119 cm³/mol. The van der Waals surface area contributed by atoms with Crippen molar-refractivity contribution in [2.24, 2.45) is 7.05 Å². The van der Waals surface area contributed by atoms with E-state index in [2.05, 4.69) is 5.32 Å². The zero-order valence-corrected chi connectivity index (χ0v) is 17.4. The molecule has 0 bridgehead atoms. The summed E-state index contributed by atoms with van der Waals surface area (Å²) in [4.78, 5) is 25.5. The number of nitrogens with one attached hydrogen (secondary N) is 2. The van der Waals surface area contributed by atoms with Gasteiger partial charge in [-0.25, -0.2) is 9.89 Å². The van der Waals surface area contributed by atoms with Crippen molar-refractivity contribution in [2.75, 3.05) is 5.32 Å². The Morgan fingerprint density at radius 2 is 1.84 bits per heavy atom. The summed E-state index contributed by atoms with van der Waals surface area (Å²) in [6, 6.07) is 17.0. The highest BCUT2D eigenvalue weighted by Crippen LogP contribution is 2.15. The van der Waals surface area contributed by atoms with Crippen molar-refractivity contribution in [1.29, 1.82) is 5.26 Å². The second-order valence-corrected chi connectivity index (χ2v) is 6.87. The molecule has 3 aromatic rings. The van der Waals surface area contributed by atoms with Crippen molar-refractivity contribution in [3.05, 3.63) is 99.1 Å². The average molecular weight is 431 g/mol. The van der Waals surface area contributed by atoms with Crippen LogP contribution < -0.4 is 16.1 Å². The van der Waals surface area contributed by atoms with Crippen molar-refractivity contribution in [2.45, 2.75) is 6.92 Å². The molecule has 3 N–H and O–H groups in total. The first-order valence-electron chi connectivity index (χ1n) is 9.60.